The summed E-state index contributed by atoms with van der Waals surface area (Å²) in [5, 5.41) is 12.4. The van der Waals surface area contributed by atoms with Crippen LogP contribution < -0.4 is 5.32 Å². The summed E-state index contributed by atoms with van der Waals surface area (Å²) >= 11 is 0. The zero-order valence-electron chi connectivity index (χ0n) is 10.5. The molecule has 0 spiro atoms. The van der Waals surface area contributed by atoms with E-state index in [0.717, 1.165) is 37.6 Å². The van der Waals surface area contributed by atoms with E-state index in [9.17, 15) is 9.90 Å². The van der Waals surface area contributed by atoms with Gasteiger partial charge in [0.15, 0.2) is 0 Å². The van der Waals surface area contributed by atoms with Crippen LogP contribution >= 0.6 is 0 Å². The summed E-state index contributed by atoms with van der Waals surface area (Å²) in [6.07, 6.45) is 0.833. The molecular weight excluding hydrogens is 232 g/mol. The van der Waals surface area contributed by atoms with Crippen LogP contribution in [0.1, 0.15) is 29.4 Å². The molecule has 1 aromatic heterocycles. The summed E-state index contributed by atoms with van der Waals surface area (Å²) in [6.45, 7) is 3.13. The summed E-state index contributed by atoms with van der Waals surface area (Å²) in [5.74, 6) is 0.778. The van der Waals surface area contributed by atoms with Crippen LogP contribution in [0.3, 0.4) is 0 Å². The highest BCUT2D eigenvalue weighted by atomic mass is 16.4. The van der Waals surface area contributed by atoms with E-state index < -0.39 is 5.97 Å². The first-order valence-corrected chi connectivity index (χ1v) is 6.38. The van der Waals surface area contributed by atoms with Gasteiger partial charge in [-0.05, 0) is 26.1 Å². The maximum absolute atomic E-state index is 11.3. The summed E-state index contributed by atoms with van der Waals surface area (Å²) in [5.41, 5.74) is 1.22. The SMILES string of the molecule is CN1Cc2cc(C3CCNCC3C(=O)O)oc2C1. The number of piperidine rings is 1. The molecule has 0 bridgehead atoms. The fraction of sp³-hybridized carbons (Fsp3) is 0.615. The Bertz CT molecular complexity index is 445. The van der Waals surface area contributed by atoms with Gasteiger partial charge in [0.2, 0.25) is 0 Å². The fourth-order valence-corrected chi connectivity index (χ4v) is 2.99. The number of hydrogen-bond acceptors (Lipinski definition) is 4. The molecule has 5 heteroatoms. The highest BCUT2D eigenvalue weighted by molar-refractivity contribution is 5.71. The molecule has 2 unspecified atom stereocenters. The molecule has 3 heterocycles. The molecule has 0 aliphatic carbocycles. The summed E-state index contributed by atoms with van der Waals surface area (Å²) in [7, 11) is 2.06. The Kier molecular flexibility index (Phi) is 2.87. The first-order valence-electron chi connectivity index (χ1n) is 6.38. The highest BCUT2D eigenvalue weighted by Gasteiger charge is 2.35. The second kappa shape index (κ2) is 4.40. The normalized spacial score (nSPS) is 28.3. The predicted molar refractivity (Wildman–Crippen MR) is 65.2 cm³/mol. The van der Waals surface area contributed by atoms with Crippen LogP contribution in [0.2, 0.25) is 0 Å². The van der Waals surface area contributed by atoms with Gasteiger partial charge in [-0.1, -0.05) is 0 Å². The summed E-state index contributed by atoms with van der Waals surface area (Å²) in [6, 6.07) is 2.06. The molecule has 0 saturated carbocycles. The van der Waals surface area contributed by atoms with Gasteiger partial charge in [-0.25, -0.2) is 0 Å². The topological polar surface area (TPSA) is 65.7 Å². The van der Waals surface area contributed by atoms with Gasteiger partial charge >= 0.3 is 5.97 Å². The molecule has 0 amide bonds. The van der Waals surface area contributed by atoms with E-state index in [0.29, 0.717) is 6.54 Å². The van der Waals surface area contributed by atoms with Crippen molar-refractivity contribution in [2.75, 3.05) is 20.1 Å². The first kappa shape index (κ1) is 11.7. The molecule has 2 atom stereocenters. The molecular formula is C13H18N2O3. The molecule has 2 aliphatic heterocycles. The second-order valence-electron chi connectivity index (χ2n) is 5.31. The monoisotopic (exact) mass is 250 g/mol. The number of carboxylic acid groups (broad SMARTS) is 1. The lowest BCUT2D eigenvalue weighted by Gasteiger charge is -2.27. The van der Waals surface area contributed by atoms with Gasteiger partial charge in [-0.2, -0.15) is 0 Å². The Balaban J connectivity index is 1.85. The van der Waals surface area contributed by atoms with Crippen LogP contribution in [0.4, 0.5) is 0 Å². The first-order chi connectivity index (χ1) is 8.65. The van der Waals surface area contributed by atoms with Gasteiger partial charge in [0.05, 0.1) is 12.5 Å². The summed E-state index contributed by atoms with van der Waals surface area (Å²) < 4.78 is 5.88. The minimum absolute atomic E-state index is 0.0136. The lowest BCUT2D eigenvalue weighted by molar-refractivity contribution is -0.143. The van der Waals surface area contributed by atoms with E-state index in [4.69, 9.17) is 4.42 Å². The third-order valence-corrected chi connectivity index (χ3v) is 3.93. The Morgan fingerprint density at radius 2 is 2.39 bits per heavy atom. The van der Waals surface area contributed by atoms with Crippen molar-refractivity contribution in [1.82, 2.24) is 10.2 Å². The standard InChI is InChI=1S/C13H18N2O3/c1-15-6-8-4-11(18-12(8)7-15)9-2-3-14-5-10(9)13(16)17/h4,9-10,14H,2-3,5-7H2,1H3,(H,16,17). The van der Waals surface area contributed by atoms with Crippen molar-refractivity contribution >= 4 is 5.97 Å². The molecule has 1 fully saturated rings. The minimum Gasteiger partial charge on any atom is -0.481 e. The Morgan fingerprint density at radius 3 is 3.11 bits per heavy atom. The fourth-order valence-electron chi connectivity index (χ4n) is 2.99. The highest BCUT2D eigenvalue weighted by Crippen LogP contribution is 2.35. The van der Waals surface area contributed by atoms with Crippen molar-refractivity contribution in [3.63, 3.8) is 0 Å². The molecule has 0 aromatic carbocycles. The molecule has 98 valence electrons. The number of carboxylic acids is 1. The van der Waals surface area contributed by atoms with Crippen LogP contribution in [-0.4, -0.2) is 36.1 Å². The number of aliphatic carboxylic acids is 1. The minimum atomic E-state index is -0.735. The van der Waals surface area contributed by atoms with Gasteiger partial charge in [-0.15, -0.1) is 0 Å². The number of fused-ring (bicyclic) bond motifs is 1. The van der Waals surface area contributed by atoms with Gasteiger partial charge in [0.1, 0.15) is 11.5 Å². The number of nitrogens with zero attached hydrogens (tertiary/aromatic N) is 1. The van der Waals surface area contributed by atoms with Crippen molar-refractivity contribution in [1.29, 1.82) is 0 Å². The van der Waals surface area contributed by atoms with Gasteiger partial charge < -0.3 is 14.8 Å². The van der Waals surface area contributed by atoms with E-state index in [1.807, 2.05) is 0 Å². The third-order valence-electron chi connectivity index (χ3n) is 3.93. The average Bonchev–Trinajstić information content (AvgIpc) is 2.85. The Hall–Kier alpha value is -1.33. The van der Waals surface area contributed by atoms with E-state index >= 15 is 0 Å². The van der Waals surface area contributed by atoms with Crippen molar-refractivity contribution < 1.29 is 14.3 Å². The zero-order chi connectivity index (χ0) is 12.7. The van der Waals surface area contributed by atoms with Gasteiger partial charge in [-0.3, -0.25) is 9.69 Å². The molecule has 3 rings (SSSR count). The average molecular weight is 250 g/mol. The second-order valence-corrected chi connectivity index (χ2v) is 5.31. The van der Waals surface area contributed by atoms with Crippen LogP contribution in [0.5, 0.6) is 0 Å². The van der Waals surface area contributed by atoms with Crippen molar-refractivity contribution in [2.45, 2.75) is 25.4 Å². The number of nitrogens with one attached hydrogen (secondary N) is 1. The number of carbonyl (C=O) groups is 1. The quantitative estimate of drug-likeness (QED) is 0.820. The largest absolute Gasteiger partial charge is 0.481 e. The molecule has 2 N–H and O–H groups in total. The predicted octanol–water partition coefficient (Wildman–Crippen LogP) is 1.00. The van der Waals surface area contributed by atoms with Crippen molar-refractivity contribution in [2.24, 2.45) is 5.92 Å². The zero-order valence-corrected chi connectivity index (χ0v) is 10.5. The molecule has 5 nitrogen and oxygen atoms in total. The van der Waals surface area contributed by atoms with Crippen LogP contribution in [0.15, 0.2) is 10.5 Å². The molecule has 1 aromatic rings. The molecule has 1 saturated heterocycles. The van der Waals surface area contributed by atoms with Crippen LogP contribution in [0.25, 0.3) is 0 Å². The van der Waals surface area contributed by atoms with E-state index in [1.54, 1.807) is 0 Å². The van der Waals surface area contributed by atoms with E-state index in [-0.39, 0.29) is 11.8 Å². The molecule has 0 radical (unpaired) electrons. The molecule has 18 heavy (non-hydrogen) atoms. The van der Waals surface area contributed by atoms with Gasteiger partial charge in [0, 0.05) is 24.6 Å². The lowest BCUT2D eigenvalue weighted by atomic mass is 9.84. The van der Waals surface area contributed by atoms with Crippen LogP contribution in [0, 0.1) is 5.92 Å². The Labute approximate surface area is 106 Å². The summed E-state index contributed by atoms with van der Waals surface area (Å²) in [4.78, 5) is 13.5. The smallest absolute Gasteiger partial charge is 0.308 e. The van der Waals surface area contributed by atoms with Crippen LogP contribution in [-0.2, 0) is 17.9 Å². The molecule has 2 aliphatic rings. The van der Waals surface area contributed by atoms with Crippen molar-refractivity contribution in [3.05, 3.63) is 23.2 Å². The third kappa shape index (κ3) is 1.93. The maximum atomic E-state index is 11.3. The number of hydrogen-bond donors (Lipinski definition) is 2. The Morgan fingerprint density at radius 1 is 1.56 bits per heavy atom. The number of rotatable bonds is 2. The van der Waals surface area contributed by atoms with E-state index in [1.165, 1.54) is 5.56 Å². The maximum Gasteiger partial charge on any atom is 0.308 e. The number of furan rings is 1. The van der Waals surface area contributed by atoms with Crippen molar-refractivity contribution in [3.8, 4) is 0 Å². The lowest BCUT2D eigenvalue weighted by Crippen LogP contribution is -2.39. The van der Waals surface area contributed by atoms with Gasteiger partial charge in [0.25, 0.3) is 0 Å². The van der Waals surface area contributed by atoms with E-state index in [2.05, 4.69) is 23.3 Å².